The van der Waals surface area contributed by atoms with E-state index in [0.717, 1.165) is 20.0 Å². The molecule has 0 saturated carbocycles. The van der Waals surface area contributed by atoms with Crippen molar-refractivity contribution in [3.8, 4) is 0 Å². The van der Waals surface area contributed by atoms with Crippen molar-refractivity contribution in [3.05, 3.63) is 66.7 Å². The van der Waals surface area contributed by atoms with Crippen LogP contribution in [0.5, 0.6) is 0 Å². The van der Waals surface area contributed by atoms with Gasteiger partial charge in [-0.05, 0) is 80.8 Å². The molecule has 0 radical (unpaired) electrons. The Morgan fingerprint density at radius 1 is 1.33 bits per heavy atom. The monoisotopic (exact) mass is 477 g/mol. The first kappa shape index (κ1) is 16.8. The van der Waals surface area contributed by atoms with E-state index >= 15 is 0 Å². The lowest BCUT2D eigenvalue weighted by Gasteiger charge is -2.18. The highest BCUT2D eigenvalue weighted by Crippen LogP contribution is 2.23. The Balaban J connectivity index is 2.22. The molecule has 2 aromatic rings. The second-order valence-corrected chi connectivity index (χ2v) is 7.15. The molecule has 0 aliphatic heterocycles. The molecule has 0 fully saturated rings. The Bertz CT molecular complexity index is 662. The molecule has 0 spiro atoms. The summed E-state index contributed by atoms with van der Waals surface area (Å²) in [6.07, 6.45) is 0.799. The Hall–Kier alpha value is -0.590. The van der Waals surface area contributed by atoms with Crippen LogP contribution in [0.2, 0.25) is 5.02 Å². The van der Waals surface area contributed by atoms with Gasteiger partial charge in [-0.15, -0.1) is 0 Å². The van der Waals surface area contributed by atoms with Gasteiger partial charge >= 0.3 is 0 Å². The zero-order valence-electron chi connectivity index (χ0n) is 11.4. The van der Waals surface area contributed by atoms with Crippen LogP contribution in [0.3, 0.4) is 0 Å². The van der Waals surface area contributed by atoms with E-state index in [1.807, 2.05) is 49.4 Å². The zero-order chi connectivity index (χ0) is 15.4. The third kappa shape index (κ3) is 4.44. The SMILES string of the molecule is CCC(NC(=O)c1cc(I)ccc1Br)c1cccc(Cl)c1. The number of carbonyl (C=O) groups is 1. The molecule has 2 rings (SSSR count). The van der Waals surface area contributed by atoms with Crippen molar-refractivity contribution < 1.29 is 4.79 Å². The highest BCUT2D eigenvalue weighted by Gasteiger charge is 2.16. The maximum Gasteiger partial charge on any atom is 0.252 e. The van der Waals surface area contributed by atoms with Gasteiger partial charge in [0.05, 0.1) is 11.6 Å². The van der Waals surface area contributed by atoms with Gasteiger partial charge < -0.3 is 5.32 Å². The van der Waals surface area contributed by atoms with Crippen LogP contribution < -0.4 is 5.32 Å². The minimum absolute atomic E-state index is 0.0547. The second-order valence-electron chi connectivity index (χ2n) is 4.61. The summed E-state index contributed by atoms with van der Waals surface area (Å²) in [5, 5.41) is 3.74. The summed E-state index contributed by atoms with van der Waals surface area (Å²) in [7, 11) is 0. The summed E-state index contributed by atoms with van der Waals surface area (Å²) in [5.74, 6) is -0.0905. The smallest absolute Gasteiger partial charge is 0.252 e. The first-order chi connectivity index (χ1) is 10.0. The molecule has 1 unspecified atom stereocenters. The summed E-state index contributed by atoms with van der Waals surface area (Å²) >= 11 is 11.6. The highest BCUT2D eigenvalue weighted by molar-refractivity contribution is 14.1. The summed E-state index contributed by atoms with van der Waals surface area (Å²) in [6, 6.07) is 13.2. The molecule has 110 valence electrons. The summed E-state index contributed by atoms with van der Waals surface area (Å²) < 4.78 is 1.82. The van der Waals surface area contributed by atoms with E-state index < -0.39 is 0 Å². The molecule has 0 aliphatic rings. The van der Waals surface area contributed by atoms with E-state index in [9.17, 15) is 4.79 Å². The molecule has 0 aromatic heterocycles. The van der Waals surface area contributed by atoms with E-state index in [1.54, 1.807) is 0 Å². The van der Waals surface area contributed by atoms with E-state index in [2.05, 4.69) is 43.8 Å². The maximum absolute atomic E-state index is 12.5. The van der Waals surface area contributed by atoms with Crippen molar-refractivity contribution in [2.24, 2.45) is 0 Å². The van der Waals surface area contributed by atoms with Gasteiger partial charge in [-0.2, -0.15) is 0 Å². The van der Waals surface area contributed by atoms with Crippen molar-refractivity contribution in [1.82, 2.24) is 5.32 Å². The lowest BCUT2D eigenvalue weighted by Crippen LogP contribution is -2.28. The number of carbonyl (C=O) groups excluding carboxylic acids is 1. The lowest BCUT2D eigenvalue weighted by molar-refractivity contribution is 0.0934. The van der Waals surface area contributed by atoms with Crippen LogP contribution in [-0.4, -0.2) is 5.91 Å². The number of rotatable bonds is 4. The Labute approximate surface area is 151 Å². The number of hydrogen-bond donors (Lipinski definition) is 1. The van der Waals surface area contributed by atoms with Gasteiger partial charge in [-0.25, -0.2) is 0 Å². The molecule has 0 saturated heterocycles. The Morgan fingerprint density at radius 2 is 2.10 bits per heavy atom. The number of benzene rings is 2. The fourth-order valence-corrected chi connectivity index (χ4v) is 3.17. The predicted molar refractivity (Wildman–Crippen MR) is 98.8 cm³/mol. The molecule has 21 heavy (non-hydrogen) atoms. The fourth-order valence-electron chi connectivity index (χ4n) is 2.05. The van der Waals surface area contributed by atoms with Gasteiger partial charge in [0.1, 0.15) is 0 Å². The van der Waals surface area contributed by atoms with Crippen LogP contribution in [0.15, 0.2) is 46.9 Å². The van der Waals surface area contributed by atoms with Crippen LogP contribution in [0.25, 0.3) is 0 Å². The molecule has 1 amide bonds. The third-order valence-corrected chi connectivity index (χ3v) is 4.74. The van der Waals surface area contributed by atoms with Crippen LogP contribution in [0, 0.1) is 3.57 Å². The minimum Gasteiger partial charge on any atom is -0.345 e. The van der Waals surface area contributed by atoms with Gasteiger partial charge in [0, 0.05) is 13.1 Å². The molecule has 1 N–H and O–H groups in total. The molecule has 0 aliphatic carbocycles. The van der Waals surface area contributed by atoms with Crippen LogP contribution in [0.4, 0.5) is 0 Å². The molecule has 0 bridgehead atoms. The average Bonchev–Trinajstić information content (AvgIpc) is 2.47. The molecular weight excluding hydrogens is 464 g/mol. The Kier molecular flexibility index (Phi) is 6.08. The topological polar surface area (TPSA) is 29.1 Å². The van der Waals surface area contributed by atoms with E-state index in [-0.39, 0.29) is 11.9 Å². The molecule has 2 nitrogen and oxygen atoms in total. The molecule has 2 aromatic carbocycles. The van der Waals surface area contributed by atoms with Gasteiger partial charge in [0.15, 0.2) is 0 Å². The molecular formula is C16H14BrClINO. The second kappa shape index (κ2) is 7.61. The first-order valence-corrected chi connectivity index (χ1v) is 8.77. The highest BCUT2D eigenvalue weighted by atomic mass is 127. The number of nitrogens with one attached hydrogen (secondary N) is 1. The number of hydrogen-bond acceptors (Lipinski definition) is 1. The predicted octanol–water partition coefficient (Wildman–Crippen LogP) is 5.59. The fraction of sp³-hybridized carbons (Fsp3) is 0.188. The summed E-state index contributed by atoms with van der Waals surface area (Å²) in [5.41, 5.74) is 1.66. The first-order valence-electron chi connectivity index (χ1n) is 6.52. The van der Waals surface area contributed by atoms with Crippen LogP contribution >= 0.6 is 50.1 Å². The van der Waals surface area contributed by atoms with E-state index in [4.69, 9.17) is 11.6 Å². The Morgan fingerprint density at radius 3 is 2.76 bits per heavy atom. The minimum atomic E-state index is -0.0905. The van der Waals surface area contributed by atoms with Crippen molar-refractivity contribution in [2.75, 3.05) is 0 Å². The molecule has 0 heterocycles. The molecule has 1 atom stereocenters. The molecule has 5 heteroatoms. The van der Waals surface area contributed by atoms with E-state index in [1.165, 1.54) is 0 Å². The summed E-state index contributed by atoms with van der Waals surface area (Å²) in [6.45, 7) is 2.04. The average molecular weight is 479 g/mol. The summed E-state index contributed by atoms with van der Waals surface area (Å²) in [4.78, 5) is 12.5. The van der Waals surface area contributed by atoms with Crippen molar-refractivity contribution in [3.63, 3.8) is 0 Å². The van der Waals surface area contributed by atoms with Gasteiger partial charge in [0.2, 0.25) is 0 Å². The number of amides is 1. The lowest BCUT2D eigenvalue weighted by atomic mass is 10.0. The van der Waals surface area contributed by atoms with Crippen molar-refractivity contribution >= 4 is 56.0 Å². The van der Waals surface area contributed by atoms with E-state index in [0.29, 0.717) is 10.6 Å². The van der Waals surface area contributed by atoms with Crippen molar-refractivity contribution in [1.29, 1.82) is 0 Å². The van der Waals surface area contributed by atoms with Gasteiger partial charge in [-0.3, -0.25) is 4.79 Å². The normalized spacial score (nSPS) is 12.0. The maximum atomic E-state index is 12.5. The standard InChI is InChI=1S/C16H14BrClINO/c1-2-15(10-4-3-5-11(18)8-10)20-16(21)13-9-12(19)6-7-14(13)17/h3-9,15H,2H2,1H3,(H,20,21). The van der Waals surface area contributed by atoms with Crippen LogP contribution in [-0.2, 0) is 0 Å². The zero-order valence-corrected chi connectivity index (χ0v) is 15.9. The quantitative estimate of drug-likeness (QED) is 0.571. The van der Waals surface area contributed by atoms with Crippen LogP contribution in [0.1, 0.15) is 35.3 Å². The van der Waals surface area contributed by atoms with Gasteiger partial charge in [0.25, 0.3) is 5.91 Å². The van der Waals surface area contributed by atoms with Gasteiger partial charge in [-0.1, -0.05) is 30.7 Å². The third-order valence-electron chi connectivity index (χ3n) is 3.14. The largest absolute Gasteiger partial charge is 0.345 e. The number of halogens is 3. The van der Waals surface area contributed by atoms with Crippen molar-refractivity contribution in [2.45, 2.75) is 19.4 Å².